The summed E-state index contributed by atoms with van der Waals surface area (Å²) < 4.78 is 12.7. The Morgan fingerprint density at radius 3 is 2.69 bits per heavy atom. The van der Waals surface area contributed by atoms with Gasteiger partial charge in [0.25, 0.3) is 0 Å². The van der Waals surface area contributed by atoms with Gasteiger partial charge in [0.15, 0.2) is 0 Å². The van der Waals surface area contributed by atoms with Crippen LogP contribution in [0, 0.1) is 12.7 Å². The molecule has 2 aromatic heterocycles. The van der Waals surface area contributed by atoms with Crippen molar-refractivity contribution in [1.29, 1.82) is 0 Å². The second-order valence-electron chi connectivity index (χ2n) is 3.45. The van der Waals surface area contributed by atoms with Crippen LogP contribution in [0.5, 0.6) is 0 Å². The Morgan fingerprint density at radius 1 is 1.38 bits per heavy atom. The Labute approximate surface area is 97.1 Å². The van der Waals surface area contributed by atoms with Gasteiger partial charge in [-0.1, -0.05) is 0 Å². The van der Waals surface area contributed by atoms with E-state index < -0.39 is 0 Å². The highest BCUT2D eigenvalue weighted by Gasteiger charge is 2.15. The van der Waals surface area contributed by atoms with Crippen LogP contribution in [0.3, 0.4) is 0 Å². The van der Waals surface area contributed by atoms with Gasteiger partial charge in [-0.15, -0.1) is 11.3 Å². The Bertz CT molecular complexity index is 466. The van der Waals surface area contributed by atoms with E-state index in [1.54, 1.807) is 17.4 Å². The average molecular weight is 237 g/mol. The van der Waals surface area contributed by atoms with E-state index in [0.29, 0.717) is 5.69 Å². The molecule has 0 radical (unpaired) electrons. The van der Waals surface area contributed by atoms with E-state index in [4.69, 9.17) is 5.84 Å². The molecule has 16 heavy (non-hydrogen) atoms. The van der Waals surface area contributed by atoms with Crippen molar-refractivity contribution in [2.75, 3.05) is 0 Å². The first-order valence-corrected chi connectivity index (χ1v) is 5.66. The predicted molar refractivity (Wildman–Crippen MR) is 62.4 cm³/mol. The zero-order valence-electron chi connectivity index (χ0n) is 8.77. The maximum atomic E-state index is 12.7. The smallest absolute Gasteiger partial charge is 0.141 e. The minimum atomic E-state index is -0.345. The number of nitrogens with zero attached hydrogens (tertiary/aromatic N) is 1. The highest BCUT2D eigenvalue weighted by atomic mass is 32.1. The van der Waals surface area contributed by atoms with Crippen molar-refractivity contribution in [2.24, 2.45) is 5.84 Å². The Hall–Kier alpha value is -1.30. The first-order valence-electron chi connectivity index (χ1n) is 4.84. The zero-order chi connectivity index (χ0) is 11.5. The van der Waals surface area contributed by atoms with E-state index in [9.17, 15) is 4.39 Å². The molecule has 5 heteroatoms. The molecule has 0 fully saturated rings. The van der Waals surface area contributed by atoms with Gasteiger partial charge >= 0.3 is 0 Å². The summed E-state index contributed by atoms with van der Waals surface area (Å²) >= 11 is 1.64. The van der Waals surface area contributed by atoms with Gasteiger partial charge in [0, 0.05) is 9.75 Å². The summed E-state index contributed by atoms with van der Waals surface area (Å²) in [5.74, 6) is 5.16. The van der Waals surface area contributed by atoms with Crippen LogP contribution in [0.1, 0.15) is 21.5 Å². The molecule has 2 rings (SSSR count). The van der Waals surface area contributed by atoms with Gasteiger partial charge in [-0.2, -0.15) is 0 Å². The van der Waals surface area contributed by atoms with Crippen LogP contribution in [0.25, 0.3) is 0 Å². The van der Waals surface area contributed by atoms with Crippen LogP contribution < -0.4 is 11.3 Å². The van der Waals surface area contributed by atoms with E-state index in [1.165, 1.54) is 17.1 Å². The first kappa shape index (κ1) is 11.2. The molecule has 0 saturated heterocycles. The van der Waals surface area contributed by atoms with Crippen molar-refractivity contribution >= 4 is 11.3 Å². The maximum absolute atomic E-state index is 12.7. The quantitative estimate of drug-likeness (QED) is 0.635. The van der Waals surface area contributed by atoms with Crippen LogP contribution >= 0.6 is 11.3 Å². The fourth-order valence-electron chi connectivity index (χ4n) is 1.48. The predicted octanol–water partition coefficient (Wildman–Crippen LogP) is 2.14. The molecule has 0 saturated carbocycles. The highest BCUT2D eigenvalue weighted by molar-refractivity contribution is 7.12. The molecular formula is C11H12FN3S. The number of nitrogens with one attached hydrogen (secondary N) is 1. The largest absolute Gasteiger partial charge is 0.270 e. The Balaban J connectivity index is 2.32. The third kappa shape index (κ3) is 2.27. The van der Waals surface area contributed by atoms with Gasteiger partial charge < -0.3 is 0 Å². The number of hydrazine groups is 1. The molecule has 0 aliphatic rings. The Morgan fingerprint density at radius 2 is 2.19 bits per heavy atom. The fourth-order valence-corrected chi connectivity index (χ4v) is 2.43. The number of nitrogens with two attached hydrogens (primary N) is 1. The second-order valence-corrected chi connectivity index (χ2v) is 4.77. The summed E-state index contributed by atoms with van der Waals surface area (Å²) in [5, 5.41) is 0. The molecule has 2 heterocycles. The molecule has 3 nitrogen and oxygen atoms in total. The maximum Gasteiger partial charge on any atom is 0.141 e. The number of hydrogen-bond donors (Lipinski definition) is 2. The van der Waals surface area contributed by atoms with Crippen molar-refractivity contribution in [3.63, 3.8) is 0 Å². The minimum Gasteiger partial charge on any atom is -0.270 e. The number of rotatable bonds is 3. The van der Waals surface area contributed by atoms with E-state index in [-0.39, 0.29) is 11.9 Å². The van der Waals surface area contributed by atoms with Gasteiger partial charge in [-0.3, -0.25) is 10.8 Å². The third-order valence-electron chi connectivity index (χ3n) is 2.26. The SMILES string of the molecule is Cc1ccc(C(NN)c2ccc(F)cn2)s1. The molecule has 0 bridgehead atoms. The van der Waals surface area contributed by atoms with Gasteiger partial charge in [-0.25, -0.2) is 9.82 Å². The molecule has 84 valence electrons. The topological polar surface area (TPSA) is 50.9 Å². The minimum absolute atomic E-state index is 0.181. The third-order valence-corrected chi connectivity index (χ3v) is 3.32. The number of thiophene rings is 1. The number of halogens is 1. The van der Waals surface area contributed by atoms with Crippen molar-refractivity contribution < 1.29 is 4.39 Å². The zero-order valence-corrected chi connectivity index (χ0v) is 9.59. The lowest BCUT2D eigenvalue weighted by atomic mass is 10.1. The Kier molecular flexibility index (Phi) is 3.28. The number of hydrogen-bond acceptors (Lipinski definition) is 4. The molecule has 0 aromatic carbocycles. The van der Waals surface area contributed by atoms with Crippen LogP contribution in [0.4, 0.5) is 4.39 Å². The molecule has 1 atom stereocenters. The number of aryl methyl sites for hydroxylation is 1. The molecule has 0 aliphatic carbocycles. The molecule has 0 spiro atoms. The summed E-state index contributed by atoms with van der Waals surface area (Å²) in [7, 11) is 0. The molecule has 1 unspecified atom stereocenters. The van der Waals surface area contributed by atoms with Crippen molar-refractivity contribution in [3.05, 3.63) is 51.7 Å². The van der Waals surface area contributed by atoms with E-state index in [0.717, 1.165) is 4.88 Å². The first-order chi connectivity index (χ1) is 7.70. The van der Waals surface area contributed by atoms with E-state index in [2.05, 4.69) is 10.4 Å². The van der Waals surface area contributed by atoms with Gasteiger partial charge in [0.1, 0.15) is 5.82 Å². The molecule has 3 N–H and O–H groups in total. The van der Waals surface area contributed by atoms with Gasteiger partial charge in [0.05, 0.1) is 17.9 Å². The van der Waals surface area contributed by atoms with Gasteiger partial charge in [0.2, 0.25) is 0 Å². The number of aromatic nitrogens is 1. The molecule has 0 amide bonds. The molecule has 2 aromatic rings. The summed E-state index contributed by atoms with van der Waals surface area (Å²) in [4.78, 5) is 6.30. The summed E-state index contributed by atoms with van der Waals surface area (Å²) in [6.07, 6.45) is 1.19. The summed E-state index contributed by atoms with van der Waals surface area (Å²) in [6.45, 7) is 2.03. The van der Waals surface area contributed by atoms with Crippen LogP contribution in [-0.4, -0.2) is 4.98 Å². The summed E-state index contributed by atoms with van der Waals surface area (Å²) in [6, 6.07) is 6.85. The summed E-state index contributed by atoms with van der Waals surface area (Å²) in [5.41, 5.74) is 3.41. The monoisotopic (exact) mass is 237 g/mol. The standard InChI is InChI=1S/C11H12FN3S/c1-7-2-5-10(16-7)11(15-13)9-4-3-8(12)6-14-9/h2-6,11,15H,13H2,1H3. The van der Waals surface area contributed by atoms with Crippen molar-refractivity contribution in [1.82, 2.24) is 10.4 Å². The normalized spacial score (nSPS) is 12.7. The lowest BCUT2D eigenvalue weighted by Gasteiger charge is -2.13. The van der Waals surface area contributed by atoms with Crippen LogP contribution in [0.2, 0.25) is 0 Å². The van der Waals surface area contributed by atoms with Crippen LogP contribution in [0.15, 0.2) is 30.5 Å². The van der Waals surface area contributed by atoms with Crippen molar-refractivity contribution in [2.45, 2.75) is 13.0 Å². The van der Waals surface area contributed by atoms with E-state index in [1.807, 2.05) is 19.1 Å². The van der Waals surface area contributed by atoms with E-state index >= 15 is 0 Å². The van der Waals surface area contributed by atoms with Crippen molar-refractivity contribution in [3.8, 4) is 0 Å². The van der Waals surface area contributed by atoms with Gasteiger partial charge in [-0.05, 0) is 31.2 Å². The molecular weight excluding hydrogens is 225 g/mol. The average Bonchev–Trinajstić information content (AvgIpc) is 2.69. The highest BCUT2D eigenvalue weighted by Crippen LogP contribution is 2.26. The molecule has 0 aliphatic heterocycles. The number of pyridine rings is 1. The lowest BCUT2D eigenvalue weighted by Crippen LogP contribution is -2.28. The second kappa shape index (κ2) is 4.69. The van der Waals surface area contributed by atoms with Crippen LogP contribution in [-0.2, 0) is 0 Å². The lowest BCUT2D eigenvalue weighted by molar-refractivity contribution is 0.600. The fraction of sp³-hybridized carbons (Fsp3) is 0.182.